The lowest BCUT2D eigenvalue weighted by atomic mass is 9.64. The Morgan fingerprint density at radius 3 is 2.81 bits per heavy atom. The number of nitrogens with one attached hydrogen (secondary N) is 2. The number of nitrogens with zero attached hydrogens (tertiary/aromatic N) is 1. The van der Waals surface area contributed by atoms with Gasteiger partial charge in [-0.2, -0.15) is 5.26 Å². The number of nitriles is 1. The van der Waals surface area contributed by atoms with E-state index in [2.05, 4.69) is 10.6 Å². The number of aliphatic hydroxyl groups excluding tert-OH is 1. The molecule has 1 rings (SSSR count). The number of rotatable bonds is 5. The molecule has 1 fully saturated rings. The van der Waals surface area contributed by atoms with E-state index in [1.807, 2.05) is 19.9 Å². The molecule has 0 spiro atoms. The van der Waals surface area contributed by atoms with E-state index >= 15 is 0 Å². The van der Waals surface area contributed by atoms with Crippen molar-refractivity contribution in [2.45, 2.75) is 38.8 Å². The third-order valence-corrected chi connectivity index (χ3v) is 3.28. The van der Waals surface area contributed by atoms with Crippen LogP contribution in [0.1, 0.15) is 26.7 Å². The van der Waals surface area contributed by atoms with Gasteiger partial charge in [0.1, 0.15) is 0 Å². The van der Waals surface area contributed by atoms with Gasteiger partial charge in [-0.05, 0) is 6.42 Å². The quantitative estimate of drug-likeness (QED) is 0.564. The summed E-state index contributed by atoms with van der Waals surface area (Å²) in [7, 11) is 0. The Balaban J connectivity index is 2.16. The van der Waals surface area contributed by atoms with Gasteiger partial charge in [-0.15, -0.1) is 0 Å². The fraction of sp³-hybridized carbons (Fsp3) is 0.818. The average Bonchev–Trinajstić information content (AvgIpc) is 2.24. The van der Waals surface area contributed by atoms with Crippen molar-refractivity contribution < 1.29 is 9.90 Å². The SMILES string of the molecule is CC1(C)C(O)CC1NCC(=O)NCCC#N. The molecule has 0 aromatic heterocycles. The van der Waals surface area contributed by atoms with Crippen LogP contribution in [0, 0.1) is 16.7 Å². The van der Waals surface area contributed by atoms with Crippen LogP contribution in [0.4, 0.5) is 0 Å². The van der Waals surface area contributed by atoms with Gasteiger partial charge in [0.2, 0.25) is 5.91 Å². The summed E-state index contributed by atoms with van der Waals surface area (Å²) in [4.78, 5) is 11.3. The lowest BCUT2D eigenvalue weighted by molar-refractivity contribution is -0.122. The van der Waals surface area contributed by atoms with Gasteiger partial charge >= 0.3 is 0 Å². The zero-order valence-electron chi connectivity index (χ0n) is 9.79. The monoisotopic (exact) mass is 225 g/mol. The largest absolute Gasteiger partial charge is 0.392 e. The van der Waals surface area contributed by atoms with Crippen LogP contribution in [0.25, 0.3) is 0 Å². The first-order valence-corrected chi connectivity index (χ1v) is 5.53. The Morgan fingerprint density at radius 2 is 2.31 bits per heavy atom. The highest BCUT2D eigenvalue weighted by molar-refractivity contribution is 5.78. The van der Waals surface area contributed by atoms with Gasteiger partial charge in [-0.25, -0.2) is 0 Å². The molecular formula is C11H19N3O2. The van der Waals surface area contributed by atoms with Crippen molar-refractivity contribution in [3.63, 3.8) is 0 Å². The zero-order valence-corrected chi connectivity index (χ0v) is 9.79. The van der Waals surface area contributed by atoms with Gasteiger partial charge in [-0.1, -0.05) is 13.8 Å². The average molecular weight is 225 g/mol. The van der Waals surface area contributed by atoms with Gasteiger partial charge in [0, 0.05) is 18.0 Å². The number of hydrogen-bond acceptors (Lipinski definition) is 4. The number of carbonyl (C=O) groups is 1. The first kappa shape index (κ1) is 12.9. The molecule has 0 aromatic rings. The molecule has 0 heterocycles. The van der Waals surface area contributed by atoms with Crippen molar-refractivity contribution in [1.29, 1.82) is 5.26 Å². The fourth-order valence-electron chi connectivity index (χ4n) is 1.79. The van der Waals surface area contributed by atoms with E-state index in [0.717, 1.165) is 0 Å². The smallest absolute Gasteiger partial charge is 0.233 e. The predicted molar refractivity (Wildman–Crippen MR) is 59.4 cm³/mol. The zero-order chi connectivity index (χ0) is 12.2. The molecule has 3 N–H and O–H groups in total. The normalized spacial score (nSPS) is 26.6. The molecule has 1 saturated carbocycles. The molecule has 90 valence electrons. The second-order valence-electron chi connectivity index (χ2n) is 4.76. The second-order valence-corrected chi connectivity index (χ2v) is 4.76. The molecule has 1 amide bonds. The molecule has 0 radical (unpaired) electrons. The highest BCUT2D eigenvalue weighted by Gasteiger charge is 2.46. The number of aliphatic hydroxyl groups is 1. The van der Waals surface area contributed by atoms with Crippen molar-refractivity contribution >= 4 is 5.91 Å². The lowest BCUT2D eigenvalue weighted by Gasteiger charge is -2.49. The molecule has 16 heavy (non-hydrogen) atoms. The van der Waals surface area contributed by atoms with Gasteiger partial charge < -0.3 is 15.7 Å². The van der Waals surface area contributed by atoms with Crippen LogP contribution < -0.4 is 10.6 Å². The van der Waals surface area contributed by atoms with Crippen LogP contribution in [0.15, 0.2) is 0 Å². The van der Waals surface area contributed by atoms with Gasteiger partial charge in [-0.3, -0.25) is 4.79 Å². The molecule has 1 aliphatic carbocycles. The summed E-state index contributed by atoms with van der Waals surface area (Å²) in [5, 5.41) is 23.6. The summed E-state index contributed by atoms with van der Waals surface area (Å²) in [6.07, 6.45) is 0.740. The summed E-state index contributed by atoms with van der Waals surface area (Å²) < 4.78 is 0. The molecule has 0 aliphatic heterocycles. The Hall–Kier alpha value is -1.12. The summed E-state index contributed by atoms with van der Waals surface area (Å²) in [5.41, 5.74) is -0.160. The van der Waals surface area contributed by atoms with Crippen LogP contribution in [0.3, 0.4) is 0 Å². The summed E-state index contributed by atoms with van der Waals surface area (Å²) in [5.74, 6) is -0.104. The van der Waals surface area contributed by atoms with Crippen LogP contribution in [0.2, 0.25) is 0 Å². The summed E-state index contributed by atoms with van der Waals surface area (Å²) >= 11 is 0. The molecule has 0 saturated heterocycles. The van der Waals surface area contributed by atoms with Crippen molar-refractivity contribution in [1.82, 2.24) is 10.6 Å². The maximum absolute atomic E-state index is 11.3. The Bertz CT molecular complexity index is 296. The maximum Gasteiger partial charge on any atom is 0.233 e. The minimum absolute atomic E-state index is 0.104. The Kier molecular flexibility index (Phi) is 4.27. The van der Waals surface area contributed by atoms with E-state index in [0.29, 0.717) is 19.4 Å². The number of amides is 1. The lowest BCUT2D eigenvalue weighted by Crippen LogP contribution is -2.61. The van der Waals surface area contributed by atoms with Crippen molar-refractivity contribution in [2.75, 3.05) is 13.1 Å². The number of hydrogen-bond donors (Lipinski definition) is 3. The Labute approximate surface area is 95.8 Å². The first-order chi connectivity index (χ1) is 7.48. The van der Waals surface area contributed by atoms with E-state index < -0.39 is 0 Å². The van der Waals surface area contributed by atoms with Crippen molar-refractivity contribution in [3.8, 4) is 6.07 Å². The summed E-state index contributed by atoms with van der Waals surface area (Å²) in [6.45, 7) is 4.60. The third-order valence-electron chi connectivity index (χ3n) is 3.28. The molecule has 0 aromatic carbocycles. The molecule has 2 atom stereocenters. The standard InChI is InChI=1S/C11H19N3O2/c1-11(2)8(6-9(11)15)14-7-10(16)13-5-3-4-12/h8-9,14-15H,3,5-7H2,1-2H3,(H,13,16). The molecule has 5 heteroatoms. The molecule has 1 aliphatic rings. The van der Waals surface area contributed by atoms with Crippen LogP contribution >= 0.6 is 0 Å². The van der Waals surface area contributed by atoms with Gasteiger partial charge in [0.05, 0.1) is 25.1 Å². The fourth-order valence-corrected chi connectivity index (χ4v) is 1.79. The third kappa shape index (κ3) is 2.94. The van der Waals surface area contributed by atoms with Crippen molar-refractivity contribution in [3.05, 3.63) is 0 Å². The van der Waals surface area contributed by atoms with E-state index in [1.54, 1.807) is 0 Å². The topological polar surface area (TPSA) is 85.2 Å². The van der Waals surface area contributed by atoms with Crippen LogP contribution in [0.5, 0.6) is 0 Å². The predicted octanol–water partition coefficient (Wildman–Crippen LogP) is -0.235. The molecule has 5 nitrogen and oxygen atoms in total. The highest BCUT2D eigenvalue weighted by atomic mass is 16.3. The molecule has 2 unspecified atom stereocenters. The maximum atomic E-state index is 11.3. The van der Waals surface area contributed by atoms with Crippen molar-refractivity contribution in [2.24, 2.45) is 5.41 Å². The Morgan fingerprint density at radius 1 is 1.62 bits per heavy atom. The van der Waals surface area contributed by atoms with Crippen LogP contribution in [-0.4, -0.2) is 36.2 Å². The summed E-state index contributed by atoms with van der Waals surface area (Å²) in [6, 6.07) is 2.15. The van der Waals surface area contributed by atoms with E-state index in [9.17, 15) is 9.90 Å². The molecular weight excluding hydrogens is 206 g/mol. The minimum Gasteiger partial charge on any atom is -0.392 e. The van der Waals surface area contributed by atoms with E-state index in [1.165, 1.54) is 0 Å². The van der Waals surface area contributed by atoms with E-state index in [-0.39, 0.29) is 30.0 Å². The number of carbonyl (C=O) groups excluding carboxylic acids is 1. The van der Waals surface area contributed by atoms with E-state index in [4.69, 9.17) is 5.26 Å². The first-order valence-electron chi connectivity index (χ1n) is 5.53. The highest BCUT2D eigenvalue weighted by Crippen LogP contribution is 2.40. The van der Waals surface area contributed by atoms with Gasteiger partial charge in [0.15, 0.2) is 0 Å². The molecule has 0 bridgehead atoms. The van der Waals surface area contributed by atoms with Gasteiger partial charge in [0.25, 0.3) is 0 Å². The second kappa shape index (κ2) is 5.28. The van der Waals surface area contributed by atoms with Crippen LogP contribution in [-0.2, 0) is 4.79 Å². The minimum atomic E-state index is -0.286.